The zero-order valence-electron chi connectivity index (χ0n) is 21.6. The second-order valence-electron chi connectivity index (χ2n) is 11.8. The van der Waals surface area contributed by atoms with Crippen molar-refractivity contribution in [3.63, 3.8) is 0 Å². The molecule has 0 amide bonds. The van der Waals surface area contributed by atoms with E-state index in [4.69, 9.17) is 4.74 Å². The smallest absolute Gasteiger partial charge is 0.309 e. The van der Waals surface area contributed by atoms with Crippen LogP contribution in [-0.4, -0.2) is 12.1 Å². The van der Waals surface area contributed by atoms with Crippen LogP contribution in [0.2, 0.25) is 0 Å². The first-order valence-corrected chi connectivity index (χ1v) is 14.9. The second-order valence-corrected chi connectivity index (χ2v) is 11.8. The molecule has 3 aliphatic rings. The van der Waals surface area contributed by atoms with E-state index in [1.54, 1.807) is 0 Å². The summed E-state index contributed by atoms with van der Waals surface area (Å²) in [4.78, 5) is 12.8. The Bertz CT molecular complexity index is 491. The third-order valence-corrected chi connectivity index (χ3v) is 9.42. The SMILES string of the molecule is CCCCCCCC1CCC(C2CCC(C(=O)OC3CCC(CCCC)CC3)CC2)CC1. The molecule has 3 rings (SSSR count). The molecule has 3 saturated carbocycles. The van der Waals surface area contributed by atoms with Gasteiger partial charge in [-0.2, -0.15) is 0 Å². The number of unbranched alkanes of at least 4 members (excludes halogenated alkanes) is 5. The van der Waals surface area contributed by atoms with Crippen molar-refractivity contribution in [3.05, 3.63) is 0 Å². The fourth-order valence-corrected chi connectivity index (χ4v) is 7.10. The van der Waals surface area contributed by atoms with Crippen LogP contribution in [0.1, 0.15) is 149 Å². The topological polar surface area (TPSA) is 26.3 Å². The van der Waals surface area contributed by atoms with E-state index >= 15 is 0 Å². The summed E-state index contributed by atoms with van der Waals surface area (Å²) >= 11 is 0. The van der Waals surface area contributed by atoms with Crippen LogP contribution in [0.3, 0.4) is 0 Å². The molecule has 3 aliphatic carbocycles. The lowest BCUT2D eigenvalue weighted by Gasteiger charge is -2.38. The highest BCUT2D eigenvalue weighted by molar-refractivity contribution is 5.72. The molecule has 32 heavy (non-hydrogen) atoms. The summed E-state index contributed by atoms with van der Waals surface area (Å²) in [5.74, 6) is 4.07. The van der Waals surface area contributed by atoms with Crippen molar-refractivity contribution >= 4 is 5.97 Å². The van der Waals surface area contributed by atoms with Crippen LogP contribution in [0, 0.1) is 29.6 Å². The van der Waals surface area contributed by atoms with E-state index in [-0.39, 0.29) is 18.0 Å². The maximum Gasteiger partial charge on any atom is 0.309 e. The van der Waals surface area contributed by atoms with Gasteiger partial charge in [0, 0.05) is 0 Å². The third kappa shape index (κ3) is 8.68. The summed E-state index contributed by atoms with van der Waals surface area (Å²) in [5, 5.41) is 0. The van der Waals surface area contributed by atoms with E-state index < -0.39 is 0 Å². The minimum Gasteiger partial charge on any atom is -0.462 e. The number of rotatable bonds is 12. The zero-order valence-corrected chi connectivity index (χ0v) is 21.6. The van der Waals surface area contributed by atoms with Crippen LogP contribution in [0.25, 0.3) is 0 Å². The number of hydrogen-bond acceptors (Lipinski definition) is 2. The highest BCUT2D eigenvalue weighted by atomic mass is 16.5. The van der Waals surface area contributed by atoms with Crippen molar-refractivity contribution in [2.75, 3.05) is 0 Å². The number of carbonyl (C=O) groups is 1. The molecule has 0 spiro atoms. The maximum atomic E-state index is 12.8. The molecule has 0 N–H and O–H groups in total. The minimum absolute atomic E-state index is 0.146. The molecule has 2 nitrogen and oxygen atoms in total. The minimum atomic E-state index is 0.146. The van der Waals surface area contributed by atoms with Gasteiger partial charge >= 0.3 is 5.97 Å². The fourth-order valence-electron chi connectivity index (χ4n) is 7.10. The summed E-state index contributed by atoms with van der Waals surface area (Å²) in [6.45, 7) is 4.58. The number of carbonyl (C=O) groups excluding carboxylic acids is 1. The number of ether oxygens (including phenoxy) is 1. The third-order valence-electron chi connectivity index (χ3n) is 9.42. The molecule has 0 saturated heterocycles. The Morgan fingerprint density at radius 3 is 1.69 bits per heavy atom. The molecule has 0 aromatic carbocycles. The molecule has 186 valence electrons. The highest BCUT2D eigenvalue weighted by Crippen LogP contribution is 2.43. The molecule has 2 heteroatoms. The average molecular weight is 447 g/mol. The number of hydrogen-bond donors (Lipinski definition) is 0. The first-order chi connectivity index (χ1) is 15.7. The largest absolute Gasteiger partial charge is 0.462 e. The van der Waals surface area contributed by atoms with Gasteiger partial charge in [0.05, 0.1) is 5.92 Å². The first-order valence-electron chi connectivity index (χ1n) is 14.9. The Balaban J connectivity index is 1.26. The van der Waals surface area contributed by atoms with Gasteiger partial charge < -0.3 is 4.74 Å². The van der Waals surface area contributed by atoms with Crippen molar-refractivity contribution < 1.29 is 9.53 Å². The summed E-state index contributed by atoms with van der Waals surface area (Å²) in [5.41, 5.74) is 0. The summed E-state index contributed by atoms with van der Waals surface area (Å²) in [7, 11) is 0. The van der Waals surface area contributed by atoms with Crippen molar-refractivity contribution in [2.24, 2.45) is 29.6 Å². The maximum absolute atomic E-state index is 12.8. The van der Waals surface area contributed by atoms with Crippen molar-refractivity contribution in [1.29, 1.82) is 0 Å². The van der Waals surface area contributed by atoms with Gasteiger partial charge in [0.1, 0.15) is 6.10 Å². The lowest BCUT2D eigenvalue weighted by molar-refractivity contribution is -0.157. The average Bonchev–Trinajstić information content (AvgIpc) is 2.84. The van der Waals surface area contributed by atoms with Crippen molar-refractivity contribution in [2.45, 2.75) is 155 Å². The fraction of sp³-hybridized carbons (Fsp3) is 0.967. The van der Waals surface area contributed by atoms with E-state index in [1.165, 1.54) is 109 Å². The highest BCUT2D eigenvalue weighted by Gasteiger charge is 2.34. The van der Waals surface area contributed by atoms with E-state index in [9.17, 15) is 4.79 Å². The standard InChI is InChI=1S/C30H54O2/c1-3-5-7-8-9-11-25-12-16-26(17-13-25)27-18-20-28(21-19-27)30(31)32-29-22-14-24(15-23-29)10-6-4-2/h24-29H,3-23H2,1-2H3. The summed E-state index contributed by atoms with van der Waals surface area (Å²) < 4.78 is 6.00. The Labute approximate surface area is 200 Å². The molecular weight excluding hydrogens is 392 g/mol. The van der Waals surface area contributed by atoms with E-state index in [0.717, 1.165) is 49.4 Å². The summed E-state index contributed by atoms with van der Waals surface area (Å²) in [6.07, 6.45) is 28.2. The summed E-state index contributed by atoms with van der Waals surface area (Å²) in [6, 6.07) is 0. The molecule has 0 aromatic heterocycles. The molecule has 0 aliphatic heterocycles. The first kappa shape index (κ1) is 26.1. The van der Waals surface area contributed by atoms with Gasteiger partial charge in [-0.15, -0.1) is 0 Å². The Hall–Kier alpha value is -0.530. The Morgan fingerprint density at radius 2 is 1.09 bits per heavy atom. The predicted molar refractivity (Wildman–Crippen MR) is 136 cm³/mol. The quantitative estimate of drug-likeness (QED) is 0.220. The van der Waals surface area contributed by atoms with Gasteiger partial charge in [-0.3, -0.25) is 4.79 Å². The monoisotopic (exact) mass is 446 g/mol. The van der Waals surface area contributed by atoms with Crippen molar-refractivity contribution in [1.82, 2.24) is 0 Å². The molecule has 3 fully saturated rings. The van der Waals surface area contributed by atoms with Crippen LogP contribution >= 0.6 is 0 Å². The molecule has 0 bridgehead atoms. The Morgan fingerprint density at radius 1 is 0.594 bits per heavy atom. The van der Waals surface area contributed by atoms with Gasteiger partial charge in [0.2, 0.25) is 0 Å². The van der Waals surface area contributed by atoms with Gasteiger partial charge in [-0.05, 0) is 87.9 Å². The molecule has 0 aromatic rings. The molecule has 0 heterocycles. The van der Waals surface area contributed by atoms with Crippen LogP contribution in [-0.2, 0) is 9.53 Å². The van der Waals surface area contributed by atoms with Crippen LogP contribution < -0.4 is 0 Å². The van der Waals surface area contributed by atoms with Crippen LogP contribution in [0.4, 0.5) is 0 Å². The molecule has 0 atom stereocenters. The van der Waals surface area contributed by atoms with Crippen LogP contribution in [0.5, 0.6) is 0 Å². The van der Waals surface area contributed by atoms with Gasteiger partial charge in [0.25, 0.3) is 0 Å². The van der Waals surface area contributed by atoms with E-state index in [0.29, 0.717) is 0 Å². The lowest BCUT2D eigenvalue weighted by Crippen LogP contribution is -2.32. The van der Waals surface area contributed by atoms with Gasteiger partial charge in [0.15, 0.2) is 0 Å². The van der Waals surface area contributed by atoms with Gasteiger partial charge in [-0.1, -0.05) is 84.5 Å². The Kier molecular flexibility index (Phi) is 12.0. The molecule has 0 radical (unpaired) electrons. The van der Waals surface area contributed by atoms with Crippen molar-refractivity contribution in [3.8, 4) is 0 Å². The zero-order chi connectivity index (χ0) is 22.6. The molecule has 0 unspecified atom stereocenters. The molecular formula is C30H54O2. The van der Waals surface area contributed by atoms with E-state index in [1.807, 2.05) is 0 Å². The predicted octanol–water partition coefficient (Wildman–Crippen LogP) is 9.25. The van der Waals surface area contributed by atoms with E-state index in [2.05, 4.69) is 13.8 Å². The second kappa shape index (κ2) is 14.7. The van der Waals surface area contributed by atoms with Gasteiger partial charge in [-0.25, -0.2) is 0 Å². The number of esters is 1. The van der Waals surface area contributed by atoms with Crippen LogP contribution in [0.15, 0.2) is 0 Å². The lowest BCUT2D eigenvalue weighted by atomic mass is 9.68. The normalized spacial score (nSPS) is 33.7.